The Morgan fingerprint density at radius 2 is 2.00 bits per heavy atom. The van der Waals surface area contributed by atoms with E-state index in [1.165, 1.54) is 18.4 Å². The van der Waals surface area contributed by atoms with E-state index in [1.807, 2.05) is 12.1 Å². The summed E-state index contributed by atoms with van der Waals surface area (Å²) in [7, 11) is 0. The second-order valence-electron chi connectivity index (χ2n) is 5.51. The molecule has 0 aliphatic heterocycles. The molecule has 0 radical (unpaired) electrons. The van der Waals surface area contributed by atoms with Gasteiger partial charge in [-0.1, -0.05) is 50.9 Å². The number of hydrogen-bond donors (Lipinski definition) is 1. The minimum absolute atomic E-state index is 0.365. The monoisotopic (exact) mass is 251 g/mol. The van der Waals surface area contributed by atoms with E-state index >= 15 is 0 Å². The van der Waals surface area contributed by atoms with Crippen molar-refractivity contribution in [3.63, 3.8) is 0 Å². The summed E-state index contributed by atoms with van der Waals surface area (Å²) in [6.07, 6.45) is 2.58. The van der Waals surface area contributed by atoms with E-state index in [2.05, 4.69) is 38.2 Å². The van der Waals surface area contributed by atoms with Crippen LogP contribution in [-0.2, 0) is 5.41 Å². The Hall–Kier alpha value is -0.530. The van der Waals surface area contributed by atoms with Gasteiger partial charge in [0.25, 0.3) is 0 Å². The molecule has 2 atom stereocenters. The molecule has 1 N–H and O–H groups in total. The largest absolute Gasteiger partial charge is 0.314 e. The number of rotatable bonds is 5. The van der Waals surface area contributed by atoms with Gasteiger partial charge in [0.05, 0.1) is 0 Å². The highest BCUT2D eigenvalue weighted by molar-refractivity contribution is 6.30. The summed E-state index contributed by atoms with van der Waals surface area (Å²) in [5.41, 5.74) is 1.81. The van der Waals surface area contributed by atoms with E-state index in [9.17, 15) is 0 Å². The van der Waals surface area contributed by atoms with Crippen LogP contribution in [0.4, 0.5) is 0 Å². The van der Waals surface area contributed by atoms with Crippen LogP contribution in [0.25, 0.3) is 0 Å². The Morgan fingerprint density at radius 1 is 1.35 bits per heavy atom. The van der Waals surface area contributed by atoms with Crippen molar-refractivity contribution in [2.24, 2.45) is 5.92 Å². The van der Waals surface area contributed by atoms with E-state index < -0.39 is 0 Å². The smallest absolute Gasteiger partial charge is 0.0406 e. The molecule has 17 heavy (non-hydrogen) atoms. The van der Waals surface area contributed by atoms with Crippen molar-refractivity contribution in [3.8, 4) is 0 Å². The Kier molecular flexibility index (Phi) is 3.79. The first-order valence-corrected chi connectivity index (χ1v) is 6.95. The van der Waals surface area contributed by atoms with Crippen molar-refractivity contribution >= 4 is 11.6 Å². The normalized spacial score (nSPS) is 27.5. The van der Waals surface area contributed by atoms with Crippen molar-refractivity contribution in [1.29, 1.82) is 0 Å². The summed E-state index contributed by atoms with van der Waals surface area (Å²) >= 11 is 5.96. The molecule has 0 saturated heterocycles. The third-order valence-corrected chi connectivity index (χ3v) is 4.22. The minimum atomic E-state index is 0.365. The highest BCUT2D eigenvalue weighted by atomic mass is 35.5. The van der Waals surface area contributed by atoms with Gasteiger partial charge in [-0.15, -0.1) is 0 Å². The second-order valence-corrected chi connectivity index (χ2v) is 5.94. The van der Waals surface area contributed by atoms with Crippen molar-refractivity contribution in [3.05, 3.63) is 34.9 Å². The first-order valence-electron chi connectivity index (χ1n) is 6.58. The van der Waals surface area contributed by atoms with Crippen LogP contribution in [0.2, 0.25) is 5.02 Å². The first kappa shape index (κ1) is 12.9. The number of nitrogens with one attached hydrogen (secondary N) is 1. The highest BCUT2D eigenvalue weighted by Gasteiger charge is 2.53. The lowest BCUT2D eigenvalue weighted by Crippen LogP contribution is -2.33. The maximum atomic E-state index is 5.96. The van der Waals surface area contributed by atoms with Crippen LogP contribution < -0.4 is 5.32 Å². The molecule has 0 aromatic heterocycles. The Labute approximate surface area is 110 Å². The van der Waals surface area contributed by atoms with E-state index in [0.29, 0.717) is 11.5 Å². The molecule has 0 amide bonds. The fourth-order valence-electron chi connectivity index (χ4n) is 2.76. The SMILES string of the molecule is CCC1CC1(CNC(C)C)c1ccc(Cl)cc1. The topological polar surface area (TPSA) is 12.0 Å². The lowest BCUT2D eigenvalue weighted by Gasteiger charge is -2.20. The fraction of sp³-hybridized carbons (Fsp3) is 0.600. The predicted molar refractivity (Wildman–Crippen MR) is 74.7 cm³/mol. The van der Waals surface area contributed by atoms with Gasteiger partial charge in [-0.2, -0.15) is 0 Å². The van der Waals surface area contributed by atoms with E-state index in [0.717, 1.165) is 17.5 Å². The van der Waals surface area contributed by atoms with Crippen molar-refractivity contribution < 1.29 is 0 Å². The van der Waals surface area contributed by atoms with Crippen molar-refractivity contribution in [2.75, 3.05) is 6.54 Å². The van der Waals surface area contributed by atoms with Gasteiger partial charge < -0.3 is 5.32 Å². The maximum absolute atomic E-state index is 5.96. The zero-order valence-electron chi connectivity index (χ0n) is 11.0. The van der Waals surface area contributed by atoms with Gasteiger partial charge in [-0.05, 0) is 30.0 Å². The third kappa shape index (κ3) is 2.66. The molecule has 0 heterocycles. The summed E-state index contributed by atoms with van der Waals surface area (Å²) in [5.74, 6) is 0.829. The van der Waals surface area contributed by atoms with Gasteiger partial charge in [0.1, 0.15) is 0 Å². The minimum Gasteiger partial charge on any atom is -0.314 e. The van der Waals surface area contributed by atoms with Crippen LogP contribution in [0.1, 0.15) is 39.2 Å². The zero-order valence-corrected chi connectivity index (χ0v) is 11.7. The molecule has 1 nitrogen and oxygen atoms in total. The Morgan fingerprint density at radius 3 is 2.47 bits per heavy atom. The average molecular weight is 252 g/mol. The third-order valence-electron chi connectivity index (χ3n) is 3.97. The zero-order chi connectivity index (χ0) is 12.5. The van der Waals surface area contributed by atoms with E-state index in [4.69, 9.17) is 11.6 Å². The van der Waals surface area contributed by atoms with Crippen molar-refractivity contribution in [1.82, 2.24) is 5.32 Å². The van der Waals surface area contributed by atoms with E-state index in [-0.39, 0.29) is 0 Å². The number of benzene rings is 1. The van der Waals surface area contributed by atoms with Gasteiger partial charge in [0, 0.05) is 23.0 Å². The molecule has 1 saturated carbocycles. The van der Waals surface area contributed by atoms with Gasteiger partial charge >= 0.3 is 0 Å². The molecule has 1 fully saturated rings. The van der Waals surface area contributed by atoms with E-state index in [1.54, 1.807) is 0 Å². The first-order chi connectivity index (χ1) is 8.08. The quantitative estimate of drug-likeness (QED) is 0.834. The fourth-order valence-corrected chi connectivity index (χ4v) is 2.88. The van der Waals surface area contributed by atoms with Crippen LogP contribution in [0, 0.1) is 5.92 Å². The molecule has 2 rings (SSSR count). The summed E-state index contributed by atoms with van der Waals surface area (Å²) in [5, 5.41) is 4.42. The van der Waals surface area contributed by atoms with Crippen LogP contribution in [-0.4, -0.2) is 12.6 Å². The number of halogens is 1. The summed E-state index contributed by atoms with van der Waals surface area (Å²) in [6, 6.07) is 8.97. The van der Waals surface area contributed by atoms with Gasteiger partial charge in [0.15, 0.2) is 0 Å². The molecular formula is C15H22ClN. The highest BCUT2D eigenvalue weighted by Crippen LogP contribution is 2.55. The van der Waals surface area contributed by atoms with Crippen LogP contribution in [0.3, 0.4) is 0 Å². The molecule has 0 spiro atoms. The molecular weight excluding hydrogens is 230 g/mol. The maximum Gasteiger partial charge on any atom is 0.0406 e. The molecule has 1 aromatic carbocycles. The molecule has 94 valence electrons. The van der Waals surface area contributed by atoms with Crippen molar-refractivity contribution in [2.45, 2.75) is 45.1 Å². The molecule has 1 aliphatic rings. The molecule has 1 aromatic rings. The number of hydrogen-bond acceptors (Lipinski definition) is 1. The molecule has 2 heteroatoms. The lowest BCUT2D eigenvalue weighted by molar-refractivity contribution is 0.487. The molecule has 1 aliphatic carbocycles. The van der Waals surface area contributed by atoms with Gasteiger partial charge in [0.2, 0.25) is 0 Å². The average Bonchev–Trinajstić information content (AvgIpc) is 3.02. The Balaban J connectivity index is 2.15. The summed E-state index contributed by atoms with van der Waals surface area (Å²) in [6.45, 7) is 7.79. The standard InChI is InChI=1S/C15H22ClN/c1-4-12-9-15(12,10-17-11(2)3)13-5-7-14(16)8-6-13/h5-8,11-12,17H,4,9-10H2,1-3H3. The van der Waals surface area contributed by atoms with Crippen LogP contribution >= 0.6 is 11.6 Å². The van der Waals surface area contributed by atoms with Crippen LogP contribution in [0.5, 0.6) is 0 Å². The summed E-state index contributed by atoms with van der Waals surface area (Å²) < 4.78 is 0. The summed E-state index contributed by atoms with van der Waals surface area (Å²) in [4.78, 5) is 0. The van der Waals surface area contributed by atoms with Crippen LogP contribution in [0.15, 0.2) is 24.3 Å². The van der Waals surface area contributed by atoms with Gasteiger partial charge in [-0.25, -0.2) is 0 Å². The predicted octanol–water partition coefficient (Wildman–Crippen LogP) is 4.01. The Bertz CT molecular complexity index is 371. The van der Waals surface area contributed by atoms with Gasteiger partial charge in [-0.3, -0.25) is 0 Å². The second kappa shape index (κ2) is 4.99. The molecule has 2 unspecified atom stereocenters. The molecule has 0 bridgehead atoms. The lowest BCUT2D eigenvalue weighted by atomic mass is 9.92.